The van der Waals surface area contributed by atoms with Crippen LogP contribution < -0.4 is 10.2 Å². The van der Waals surface area contributed by atoms with Crippen LogP contribution in [0, 0.1) is 5.82 Å². The van der Waals surface area contributed by atoms with Crippen molar-refractivity contribution in [2.75, 3.05) is 31.2 Å². The number of aromatic nitrogens is 2. The maximum absolute atomic E-state index is 13.1. The summed E-state index contributed by atoms with van der Waals surface area (Å²) in [4.78, 5) is 22.7. The first-order valence-electron chi connectivity index (χ1n) is 7.41. The number of benzene rings is 1. The Morgan fingerprint density at radius 2 is 2.13 bits per heavy atom. The van der Waals surface area contributed by atoms with Crippen LogP contribution in [-0.4, -0.2) is 42.2 Å². The first-order valence-corrected chi connectivity index (χ1v) is 7.41. The van der Waals surface area contributed by atoms with Crippen LogP contribution in [0.3, 0.4) is 0 Å². The van der Waals surface area contributed by atoms with Crippen molar-refractivity contribution in [1.82, 2.24) is 15.3 Å². The van der Waals surface area contributed by atoms with Crippen molar-refractivity contribution < 1.29 is 13.9 Å². The van der Waals surface area contributed by atoms with E-state index in [9.17, 15) is 9.18 Å². The lowest BCUT2D eigenvalue weighted by molar-refractivity contribution is 0.0949. The van der Waals surface area contributed by atoms with Crippen LogP contribution in [0.2, 0.25) is 0 Å². The summed E-state index contributed by atoms with van der Waals surface area (Å²) in [5.41, 5.74) is 0.273. The summed E-state index contributed by atoms with van der Waals surface area (Å²) in [6.45, 7) is 3.11. The van der Waals surface area contributed by atoms with Crippen molar-refractivity contribution in [2.45, 2.75) is 6.54 Å². The molecule has 0 unspecified atom stereocenters. The summed E-state index contributed by atoms with van der Waals surface area (Å²) >= 11 is 0. The maximum atomic E-state index is 13.1. The van der Waals surface area contributed by atoms with Crippen molar-refractivity contribution in [2.24, 2.45) is 0 Å². The SMILES string of the molecule is O=C(NCc1nccc(N2CCOCC2)n1)c1cccc(F)c1. The van der Waals surface area contributed by atoms with E-state index in [1.54, 1.807) is 12.3 Å². The third kappa shape index (κ3) is 4.01. The molecule has 0 bridgehead atoms. The molecule has 2 aromatic rings. The van der Waals surface area contributed by atoms with Gasteiger partial charge >= 0.3 is 0 Å². The highest BCUT2D eigenvalue weighted by Crippen LogP contribution is 2.12. The molecule has 0 aliphatic carbocycles. The van der Waals surface area contributed by atoms with E-state index in [4.69, 9.17) is 4.74 Å². The fourth-order valence-electron chi connectivity index (χ4n) is 2.33. The predicted molar refractivity (Wildman–Crippen MR) is 82.6 cm³/mol. The van der Waals surface area contributed by atoms with Gasteiger partial charge < -0.3 is 15.0 Å². The van der Waals surface area contributed by atoms with E-state index >= 15 is 0 Å². The summed E-state index contributed by atoms with van der Waals surface area (Å²) in [6.07, 6.45) is 1.67. The largest absolute Gasteiger partial charge is 0.378 e. The highest BCUT2D eigenvalue weighted by atomic mass is 19.1. The predicted octanol–water partition coefficient (Wildman–Crippen LogP) is 1.38. The number of nitrogens with one attached hydrogen (secondary N) is 1. The summed E-state index contributed by atoms with van der Waals surface area (Å²) < 4.78 is 18.4. The Morgan fingerprint density at radius 3 is 2.91 bits per heavy atom. The monoisotopic (exact) mass is 316 g/mol. The van der Waals surface area contributed by atoms with Crippen molar-refractivity contribution in [3.05, 3.63) is 53.7 Å². The molecule has 120 valence electrons. The molecular formula is C16H17FN4O2. The molecule has 0 atom stereocenters. The van der Waals surface area contributed by atoms with E-state index in [0.29, 0.717) is 19.0 Å². The molecule has 1 N–H and O–H groups in total. The number of halogens is 1. The zero-order valence-electron chi connectivity index (χ0n) is 12.5. The summed E-state index contributed by atoms with van der Waals surface area (Å²) in [5.74, 6) is 0.533. The zero-order chi connectivity index (χ0) is 16.1. The lowest BCUT2D eigenvalue weighted by Crippen LogP contribution is -2.37. The molecule has 23 heavy (non-hydrogen) atoms. The fourth-order valence-corrected chi connectivity index (χ4v) is 2.33. The molecule has 1 aromatic heterocycles. The quantitative estimate of drug-likeness (QED) is 0.923. The van der Waals surface area contributed by atoms with Gasteiger partial charge in [-0.15, -0.1) is 0 Å². The van der Waals surface area contributed by atoms with Gasteiger partial charge in [0.1, 0.15) is 17.5 Å². The molecule has 0 radical (unpaired) electrons. The van der Waals surface area contributed by atoms with Gasteiger partial charge in [0.15, 0.2) is 0 Å². The van der Waals surface area contributed by atoms with Crippen LogP contribution in [0.25, 0.3) is 0 Å². The molecule has 1 fully saturated rings. The van der Waals surface area contributed by atoms with Gasteiger partial charge in [0.05, 0.1) is 19.8 Å². The smallest absolute Gasteiger partial charge is 0.251 e. The van der Waals surface area contributed by atoms with Crippen LogP contribution in [0.1, 0.15) is 16.2 Å². The maximum Gasteiger partial charge on any atom is 0.251 e. The average molecular weight is 316 g/mol. The number of hydrogen-bond acceptors (Lipinski definition) is 5. The lowest BCUT2D eigenvalue weighted by Gasteiger charge is -2.27. The number of hydrogen-bond donors (Lipinski definition) is 1. The third-order valence-corrected chi connectivity index (χ3v) is 3.52. The number of anilines is 1. The van der Waals surface area contributed by atoms with E-state index in [1.807, 2.05) is 6.07 Å². The molecular weight excluding hydrogens is 299 g/mol. The number of ether oxygens (including phenoxy) is 1. The van der Waals surface area contributed by atoms with Gasteiger partial charge in [-0.2, -0.15) is 0 Å². The van der Waals surface area contributed by atoms with E-state index in [1.165, 1.54) is 18.2 Å². The second kappa shape index (κ2) is 7.15. The minimum atomic E-state index is -0.441. The van der Waals surface area contributed by atoms with E-state index < -0.39 is 5.82 Å². The second-order valence-electron chi connectivity index (χ2n) is 5.12. The van der Waals surface area contributed by atoms with E-state index in [2.05, 4.69) is 20.2 Å². The first-order chi connectivity index (χ1) is 11.2. The molecule has 1 aliphatic rings. The number of carbonyl (C=O) groups is 1. The molecule has 1 amide bonds. The Morgan fingerprint density at radius 1 is 1.30 bits per heavy atom. The average Bonchev–Trinajstić information content (AvgIpc) is 2.61. The van der Waals surface area contributed by atoms with Gasteiger partial charge in [0.25, 0.3) is 5.91 Å². The Bertz CT molecular complexity index is 689. The normalized spacial score (nSPS) is 14.6. The Hall–Kier alpha value is -2.54. The van der Waals surface area contributed by atoms with Crippen molar-refractivity contribution >= 4 is 11.7 Å². The Balaban J connectivity index is 1.63. The fraction of sp³-hybridized carbons (Fsp3) is 0.312. The number of morpholine rings is 1. The van der Waals surface area contributed by atoms with Gasteiger partial charge in [-0.25, -0.2) is 14.4 Å². The van der Waals surface area contributed by atoms with Crippen LogP contribution in [0.4, 0.5) is 10.2 Å². The number of carbonyl (C=O) groups excluding carboxylic acids is 1. The van der Waals surface area contributed by atoms with E-state index in [-0.39, 0.29) is 18.0 Å². The number of rotatable bonds is 4. The van der Waals surface area contributed by atoms with Crippen LogP contribution in [0.15, 0.2) is 36.5 Å². The van der Waals surface area contributed by atoms with Crippen molar-refractivity contribution in [1.29, 1.82) is 0 Å². The molecule has 6 nitrogen and oxygen atoms in total. The summed E-state index contributed by atoms with van der Waals surface area (Å²) in [7, 11) is 0. The number of amides is 1. The highest BCUT2D eigenvalue weighted by Gasteiger charge is 2.13. The minimum Gasteiger partial charge on any atom is -0.378 e. The van der Waals surface area contributed by atoms with Gasteiger partial charge in [-0.1, -0.05) is 6.07 Å². The lowest BCUT2D eigenvalue weighted by atomic mass is 10.2. The molecule has 3 rings (SSSR count). The minimum absolute atomic E-state index is 0.188. The van der Waals surface area contributed by atoms with Gasteiger partial charge in [0, 0.05) is 24.8 Å². The molecule has 1 saturated heterocycles. The first kappa shape index (κ1) is 15.4. The standard InChI is InChI=1S/C16H17FN4O2/c17-13-3-1-2-12(10-13)16(22)19-11-14-18-5-4-15(20-14)21-6-8-23-9-7-21/h1-5,10H,6-9,11H2,(H,19,22). The summed E-state index contributed by atoms with van der Waals surface area (Å²) in [6, 6.07) is 7.39. The molecule has 1 aromatic carbocycles. The summed E-state index contributed by atoms with van der Waals surface area (Å²) in [5, 5.41) is 2.70. The second-order valence-corrected chi connectivity index (χ2v) is 5.12. The van der Waals surface area contributed by atoms with Crippen molar-refractivity contribution in [3.63, 3.8) is 0 Å². The van der Waals surface area contributed by atoms with Crippen LogP contribution in [-0.2, 0) is 11.3 Å². The molecule has 0 spiro atoms. The molecule has 7 heteroatoms. The van der Waals surface area contributed by atoms with Crippen LogP contribution in [0.5, 0.6) is 0 Å². The van der Waals surface area contributed by atoms with Gasteiger partial charge in [0.2, 0.25) is 0 Å². The van der Waals surface area contributed by atoms with Gasteiger partial charge in [-0.3, -0.25) is 4.79 Å². The Kier molecular flexibility index (Phi) is 4.77. The molecule has 2 heterocycles. The highest BCUT2D eigenvalue weighted by molar-refractivity contribution is 5.94. The van der Waals surface area contributed by atoms with Crippen molar-refractivity contribution in [3.8, 4) is 0 Å². The molecule has 1 aliphatic heterocycles. The van der Waals surface area contributed by atoms with Crippen LogP contribution >= 0.6 is 0 Å². The molecule has 0 saturated carbocycles. The van der Waals surface area contributed by atoms with E-state index in [0.717, 1.165) is 18.9 Å². The zero-order valence-corrected chi connectivity index (χ0v) is 12.5. The third-order valence-electron chi connectivity index (χ3n) is 3.52. The van der Waals surface area contributed by atoms with Gasteiger partial charge in [-0.05, 0) is 24.3 Å². The Labute approximate surface area is 133 Å². The number of nitrogens with zero attached hydrogens (tertiary/aromatic N) is 3. The topological polar surface area (TPSA) is 67.4 Å².